The van der Waals surface area contributed by atoms with Crippen LogP contribution < -0.4 is 0 Å². The average Bonchev–Trinajstić information content (AvgIpc) is 2.14. The first-order valence-electron chi connectivity index (χ1n) is 6.34. The van der Waals surface area contributed by atoms with Crippen molar-refractivity contribution in [2.45, 2.75) is 58.7 Å². The van der Waals surface area contributed by atoms with Gasteiger partial charge in [0.2, 0.25) is 0 Å². The molecule has 1 rings (SSSR count). The van der Waals surface area contributed by atoms with Crippen LogP contribution in [0, 0.1) is 17.3 Å². The number of rotatable bonds is 4. The molecular weight excluding hydrogens is 204 g/mol. The second kappa shape index (κ2) is 5.48. The van der Waals surface area contributed by atoms with Crippen molar-refractivity contribution in [1.29, 1.82) is 0 Å². The molecule has 0 saturated heterocycles. The van der Waals surface area contributed by atoms with E-state index in [0.717, 1.165) is 19.3 Å². The van der Waals surface area contributed by atoms with E-state index in [1.54, 1.807) is 0 Å². The third kappa shape index (κ3) is 3.44. The third-order valence-electron chi connectivity index (χ3n) is 4.12. The number of hydrogen-bond acceptors (Lipinski definition) is 3. The molecule has 3 heteroatoms. The fourth-order valence-electron chi connectivity index (χ4n) is 3.34. The Morgan fingerprint density at radius 1 is 1.38 bits per heavy atom. The van der Waals surface area contributed by atoms with Gasteiger partial charge in [-0.05, 0) is 42.9 Å². The number of aliphatic hydroxyl groups excluding tert-OH is 3. The summed E-state index contributed by atoms with van der Waals surface area (Å²) in [6, 6.07) is 0. The van der Waals surface area contributed by atoms with Gasteiger partial charge in [0.05, 0.1) is 18.8 Å². The van der Waals surface area contributed by atoms with Gasteiger partial charge >= 0.3 is 0 Å². The minimum atomic E-state index is -0.588. The van der Waals surface area contributed by atoms with E-state index >= 15 is 0 Å². The fourth-order valence-corrected chi connectivity index (χ4v) is 3.34. The molecule has 0 amide bonds. The summed E-state index contributed by atoms with van der Waals surface area (Å²) in [4.78, 5) is 0. The van der Waals surface area contributed by atoms with Gasteiger partial charge in [0, 0.05) is 0 Å². The Morgan fingerprint density at radius 3 is 2.50 bits per heavy atom. The molecule has 3 N–H and O–H groups in total. The molecule has 0 radical (unpaired) electrons. The van der Waals surface area contributed by atoms with Crippen LogP contribution in [0.1, 0.15) is 46.5 Å². The van der Waals surface area contributed by atoms with Crippen molar-refractivity contribution >= 4 is 0 Å². The first kappa shape index (κ1) is 13.9. The summed E-state index contributed by atoms with van der Waals surface area (Å²) in [6.07, 6.45) is 2.53. The molecule has 1 aliphatic rings. The van der Waals surface area contributed by atoms with Gasteiger partial charge in [0.1, 0.15) is 0 Å². The van der Waals surface area contributed by atoms with Gasteiger partial charge in [-0.15, -0.1) is 0 Å². The average molecular weight is 230 g/mol. The molecule has 4 atom stereocenters. The minimum absolute atomic E-state index is 0.131. The molecular formula is C13H26O3. The second-order valence-corrected chi connectivity index (χ2v) is 6.08. The van der Waals surface area contributed by atoms with Crippen LogP contribution in [-0.2, 0) is 0 Å². The van der Waals surface area contributed by atoms with Crippen molar-refractivity contribution in [2.75, 3.05) is 6.61 Å². The molecule has 1 saturated carbocycles. The topological polar surface area (TPSA) is 60.7 Å². The van der Waals surface area contributed by atoms with Gasteiger partial charge in [0.15, 0.2) is 0 Å². The van der Waals surface area contributed by atoms with Gasteiger partial charge in [-0.1, -0.05) is 20.8 Å². The van der Waals surface area contributed by atoms with E-state index in [0.29, 0.717) is 18.3 Å². The summed E-state index contributed by atoms with van der Waals surface area (Å²) in [5, 5.41) is 28.0. The summed E-state index contributed by atoms with van der Waals surface area (Å²) >= 11 is 0. The SMILES string of the molecule is C[C@@H]1C[C@H](O)CC(C)(C)[C@H]1CC[C@@H](O)CO. The van der Waals surface area contributed by atoms with Gasteiger partial charge in [0.25, 0.3) is 0 Å². The lowest BCUT2D eigenvalue weighted by Crippen LogP contribution is -2.40. The lowest BCUT2D eigenvalue weighted by Gasteiger charge is -2.45. The zero-order valence-electron chi connectivity index (χ0n) is 10.7. The van der Waals surface area contributed by atoms with Crippen molar-refractivity contribution in [1.82, 2.24) is 0 Å². The van der Waals surface area contributed by atoms with Gasteiger partial charge in [-0.2, -0.15) is 0 Å². The standard InChI is InChI=1S/C13H26O3/c1-9-6-11(16)7-13(2,3)12(9)5-4-10(15)8-14/h9-12,14-16H,4-8H2,1-3H3/t9-,10-,11+,12+/m1/s1. The molecule has 0 unspecified atom stereocenters. The molecule has 96 valence electrons. The summed E-state index contributed by atoms with van der Waals surface area (Å²) in [5.74, 6) is 1.02. The molecule has 0 aromatic carbocycles. The molecule has 0 bridgehead atoms. The molecule has 0 aromatic heterocycles. The van der Waals surface area contributed by atoms with Crippen molar-refractivity contribution in [2.24, 2.45) is 17.3 Å². The monoisotopic (exact) mass is 230 g/mol. The highest BCUT2D eigenvalue weighted by molar-refractivity contribution is 4.90. The zero-order valence-corrected chi connectivity index (χ0v) is 10.7. The van der Waals surface area contributed by atoms with Crippen LogP contribution in [0.15, 0.2) is 0 Å². The highest BCUT2D eigenvalue weighted by Gasteiger charge is 2.40. The molecule has 1 fully saturated rings. The van der Waals surface area contributed by atoms with Gasteiger partial charge < -0.3 is 15.3 Å². The highest BCUT2D eigenvalue weighted by Crippen LogP contribution is 2.46. The predicted octanol–water partition coefficient (Wildman–Crippen LogP) is 1.55. The van der Waals surface area contributed by atoms with Crippen LogP contribution in [0.3, 0.4) is 0 Å². The van der Waals surface area contributed by atoms with Gasteiger partial charge in [-0.25, -0.2) is 0 Å². The number of hydrogen-bond donors (Lipinski definition) is 3. The lowest BCUT2D eigenvalue weighted by molar-refractivity contribution is -0.0229. The van der Waals surface area contributed by atoms with E-state index < -0.39 is 6.10 Å². The van der Waals surface area contributed by atoms with E-state index in [9.17, 15) is 10.2 Å². The predicted molar refractivity (Wildman–Crippen MR) is 64.0 cm³/mol. The van der Waals surface area contributed by atoms with Crippen LogP contribution in [0.4, 0.5) is 0 Å². The van der Waals surface area contributed by atoms with Crippen LogP contribution in [-0.4, -0.2) is 34.1 Å². The maximum atomic E-state index is 9.77. The van der Waals surface area contributed by atoms with Crippen molar-refractivity contribution in [3.05, 3.63) is 0 Å². The fraction of sp³-hybridized carbons (Fsp3) is 1.00. The van der Waals surface area contributed by atoms with E-state index in [1.807, 2.05) is 0 Å². The molecule has 0 heterocycles. The third-order valence-corrected chi connectivity index (χ3v) is 4.12. The summed E-state index contributed by atoms with van der Waals surface area (Å²) in [6.45, 7) is 6.42. The Labute approximate surface area is 98.5 Å². The molecule has 0 aromatic rings. The van der Waals surface area contributed by atoms with Crippen molar-refractivity contribution < 1.29 is 15.3 Å². The van der Waals surface area contributed by atoms with Crippen LogP contribution in [0.25, 0.3) is 0 Å². The summed E-state index contributed by atoms with van der Waals surface area (Å²) < 4.78 is 0. The van der Waals surface area contributed by atoms with Gasteiger partial charge in [-0.3, -0.25) is 0 Å². The Kier molecular flexibility index (Phi) is 4.77. The Hall–Kier alpha value is -0.120. The first-order valence-corrected chi connectivity index (χ1v) is 6.34. The Bertz CT molecular complexity index is 215. The molecule has 3 nitrogen and oxygen atoms in total. The maximum absolute atomic E-state index is 9.77. The quantitative estimate of drug-likeness (QED) is 0.687. The highest BCUT2D eigenvalue weighted by atomic mass is 16.3. The molecule has 0 spiro atoms. The number of aliphatic hydroxyl groups is 3. The largest absolute Gasteiger partial charge is 0.394 e. The van der Waals surface area contributed by atoms with Crippen LogP contribution >= 0.6 is 0 Å². The molecule has 1 aliphatic carbocycles. The summed E-state index contributed by atoms with van der Waals surface area (Å²) in [5.41, 5.74) is 0.131. The van der Waals surface area contributed by atoms with Crippen molar-refractivity contribution in [3.8, 4) is 0 Å². The first-order chi connectivity index (χ1) is 7.36. The normalized spacial score (nSPS) is 36.0. The lowest BCUT2D eigenvalue weighted by atomic mass is 9.61. The minimum Gasteiger partial charge on any atom is -0.394 e. The van der Waals surface area contributed by atoms with E-state index in [2.05, 4.69) is 20.8 Å². The zero-order chi connectivity index (χ0) is 12.3. The summed E-state index contributed by atoms with van der Waals surface area (Å²) in [7, 11) is 0. The molecule has 16 heavy (non-hydrogen) atoms. The molecule has 0 aliphatic heterocycles. The smallest absolute Gasteiger partial charge is 0.0771 e. The maximum Gasteiger partial charge on any atom is 0.0771 e. The van der Waals surface area contributed by atoms with Crippen molar-refractivity contribution in [3.63, 3.8) is 0 Å². The second-order valence-electron chi connectivity index (χ2n) is 6.08. The van der Waals surface area contributed by atoms with E-state index in [-0.39, 0.29) is 18.1 Å². The van der Waals surface area contributed by atoms with Crippen LogP contribution in [0.2, 0.25) is 0 Å². The Balaban J connectivity index is 2.55. The van der Waals surface area contributed by atoms with E-state index in [4.69, 9.17) is 5.11 Å². The van der Waals surface area contributed by atoms with E-state index in [1.165, 1.54) is 0 Å². The van der Waals surface area contributed by atoms with Crippen LogP contribution in [0.5, 0.6) is 0 Å². The Morgan fingerprint density at radius 2 is 2.00 bits per heavy atom.